The molecule has 2 N–H and O–H groups in total. The number of hydrogen-bond donors (Lipinski definition) is 2. The summed E-state index contributed by atoms with van der Waals surface area (Å²) in [5.41, 5.74) is 3.17. The number of benzene rings is 2. The highest BCUT2D eigenvalue weighted by atomic mass is 35.5. The summed E-state index contributed by atoms with van der Waals surface area (Å²) in [6, 6.07) is 11.4. The van der Waals surface area contributed by atoms with Crippen LogP contribution in [0.2, 0.25) is 5.02 Å². The maximum Gasteiger partial charge on any atom is 0.344 e. The van der Waals surface area contributed by atoms with Gasteiger partial charge in [0.25, 0.3) is 0 Å². The third-order valence-corrected chi connectivity index (χ3v) is 6.24. The first-order valence-electron chi connectivity index (χ1n) is 12.3. The normalized spacial score (nSPS) is 16.6. The summed E-state index contributed by atoms with van der Waals surface area (Å²) in [5, 5.41) is 14.6. The third-order valence-electron chi connectivity index (χ3n) is 5.94. The van der Waals surface area contributed by atoms with Crippen molar-refractivity contribution in [2.75, 3.05) is 40.1 Å². The van der Waals surface area contributed by atoms with E-state index in [2.05, 4.69) is 11.4 Å². The number of carbonyl (C=O) groups is 1. The number of aryl methyl sites for hydroxylation is 1. The predicted molar refractivity (Wildman–Crippen MR) is 137 cm³/mol. The first-order chi connectivity index (χ1) is 17.4. The molecule has 198 valence electrons. The summed E-state index contributed by atoms with van der Waals surface area (Å²) in [6.07, 6.45) is 1.53. The van der Waals surface area contributed by atoms with E-state index in [9.17, 15) is 9.90 Å². The van der Waals surface area contributed by atoms with Crippen LogP contribution in [0.25, 0.3) is 0 Å². The standard InChI is InChI=1S/C27H36ClNO7/c1-4-33-27(31)17-35-23-9-6-19-5-8-22(13-21(19)14-23)29-16-25(30)20-7-10-26(24(28)15-20)36-18(2)34-12-11-32-3/h6-7,9-10,14-15,18,22,25,29-30H,4-5,8,11-13,16-17H2,1-3H3/t18?,22-,25?/m0/s1. The van der Waals surface area contributed by atoms with Crippen molar-refractivity contribution < 1.29 is 33.6 Å². The minimum absolute atomic E-state index is 0.105. The number of aliphatic hydroxyl groups excluding tert-OH is 1. The van der Waals surface area contributed by atoms with Gasteiger partial charge in [-0.1, -0.05) is 23.7 Å². The highest BCUT2D eigenvalue weighted by Gasteiger charge is 2.21. The van der Waals surface area contributed by atoms with Gasteiger partial charge >= 0.3 is 5.97 Å². The molecule has 0 heterocycles. The van der Waals surface area contributed by atoms with Gasteiger partial charge in [-0.15, -0.1) is 0 Å². The number of halogens is 1. The maximum absolute atomic E-state index is 11.6. The molecule has 2 unspecified atom stereocenters. The molecule has 0 spiro atoms. The number of rotatable bonds is 14. The van der Waals surface area contributed by atoms with Crippen molar-refractivity contribution in [1.29, 1.82) is 0 Å². The number of ether oxygens (including phenoxy) is 5. The zero-order valence-electron chi connectivity index (χ0n) is 21.1. The van der Waals surface area contributed by atoms with E-state index in [0.29, 0.717) is 48.5 Å². The van der Waals surface area contributed by atoms with E-state index in [0.717, 1.165) is 19.3 Å². The second-order valence-corrected chi connectivity index (χ2v) is 9.03. The number of esters is 1. The van der Waals surface area contributed by atoms with Crippen LogP contribution < -0.4 is 14.8 Å². The molecule has 0 fully saturated rings. The SMILES string of the molecule is CCOC(=O)COc1ccc2c(c1)C[C@@H](NCC(O)c1ccc(OC(C)OCCOC)c(Cl)c1)CC2. The molecular weight excluding hydrogens is 486 g/mol. The van der Waals surface area contributed by atoms with Crippen molar-refractivity contribution in [3.05, 3.63) is 58.1 Å². The first-order valence-corrected chi connectivity index (χ1v) is 12.7. The van der Waals surface area contributed by atoms with Gasteiger partial charge in [0, 0.05) is 19.7 Å². The molecule has 1 aliphatic carbocycles. The molecule has 0 radical (unpaired) electrons. The van der Waals surface area contributed by atoms with Crippen LogP contribution in [0.3, 0.4) is 0 Å². The van der Waals surface area contributed by atoms with Crippen LogP contribution in [-0.2, 0) is 31.8 Å². The van der Waals surface area contributed by atoms with Crippen molar-refractivity contribution in [2.45, 2.75) is 51.5 Å². The number of hydrogen-bond acceptors (Lipinski definition) is 8. The van der Waals surface area contributed by atoms with Gasteiger partial charge in [-0.2, -0.15) is 0 Å². The van der Waals surface area contributed by atoms with Crippen LogP contribution in [0.1, 0.15) is 43.1 Å². The van der Waals surface area contributed by atoms with Crippen LogP contribution >= 0.6 is 11.6 Å². The summed E-state index contributed by atoms with van der Waals surface area (Å²) >= 11 is 6.38. The largest absolute Gasteiger partial charge is 0.482 e. The lowest BCUT2D eigenvalue weighted by Crippen LogP contribution is -2.37. The van der Waals surface area contributed by atoms with Gasteiger partial charge < -0.3 is 34.1 Å². The van der Waals surface area contributed by atoms with Crippen molar-refractivity contribution in [1.82, 2.24) is 5.32 Å². The Balaban J connectivity index is 1.49. The van der Waals surface area contributed by atoms with Gasteiger partial charge in [-0.05, 0) is 74.1 Å². The van der Waals surface area contributed by atoms with E-state index >= 15 is 0 Å². The fourth-order valence-corrected chi connectivity index (χ4v) is 4.30. The average molecular weight is 522 g/mol. The van der Waals surface area contributed by atoms with Gasteiger partial charge in [0.2, 0.25) is 0 Å². The summed E-state index contributed by atoms with van der Waals surface area (Å²) in [5.74, 6) is 0.765. The fraction of sp³-hybridized carbons (Fsp3) is 0.519. The molecule has 0 aliphatic heterocycles. The fourth-order valence-electron chi connectivity index (χ4n) is 4.07. The summed E-state index contributed by atoms with van der Waals surface area (Å²) < 4.78 is 26.7. The van der Waals surface area contributed by atoms with E-state index < -0.39 is 12.4 Å². The molecule has 1 aliphatic rings. The lowest BCUT2D eigenvalue weighted by molar-refractivity contribution is -0.145. The highest BCUT2D eigenvalue weighted by molar-refractivity contribution is 6.32. The molecule has 3 atom stereocenters. The van der Waals surface area contributed by atoms with Crippen molar-refractivity contribution in [3.63, 3.8) is 0 Å². The molecule has 0 saturated heterocycles. The van der Waals surface area contributed by atoms with Crippen molar-refractivity contribution >= 4 is 17.6 Å². The second kappa shape index (κ2) is 14.4. The predicted octanol–water partition coefficient (Wildman–Crippen LogP) is 3.85. The number of nitrogens with one attached hydrogen (secondary N) is 1. The summed E-state index contributed by atoms with van der Waals surface area (Å²) in [4.78, 5) is 11.6. The van der Waals surface area contributed by atoms with E-state index in [4.69, 9.17) is 35.3 Å². The van der Waals surface area contributed by atoms with Crippen molar-refractivity contribution in [2.24, 2.45) is 0 Å². The van der Waals surface area contributed by atoms with E-state index in [-0.39, 0.29) is 18.6 Å². The van der Waals surface area contributed by atoms with Gasteiger partial charge in [0.1, 0.15) is 11.5 Å². The molecular formula is C27H36ClNO7. The Morgan fingerprint density at radius 2 is 2.03 bits per heavy atom. The zero-order valence-corrected chi connectivity index (χ0v) is 21.9. The molecule has 0 amide bonds. The Morgan fingerprint density at radius 1 is 1.19 bits per heavy atom. The number of aliphatic hydroxyl groups is 1. The molecule has 9 heteroatoms. The third kappa shape index (κ3) is 8.64. The smallest absolute Gasteiger partial charge is 0.344 e. The Hall–Kier alpha value is -2.36. The molecule has 36 heavy (non-hydrogen) atoms. The molecule has 2 aromatic carbocycles. The van der Waals surface area contributed by atoms with Crippen LogP contribution in [0.5, 0.6) is 11.5 Å². The summed E-state index contributed by atoms with van der Waals surface area (Å²) in [6.45, 7) is 5.08. The first kappa shape index (κ1) is 28.2. The lowest BCUT2D eigenvalue weighted by atomic mass is 9.88. The minimum Gasteiger partial charge on any atom is -0.482 e. The maximum atomic E-state index is 11.6. The number of fused-ring (bicyclic) bond motifs is 1. The quantitative estimate of drug-likeness (QED) is 0.220. The monoisotopic (exact) mass is 521 g/mol. The summed E-state index contributed by atoms with van der Waals surface area (Å²) in [7, 11) is 1.61. The Morgan fingerprint density at radius 3 is 2.78 bits per heavy atom. The Kier molecular flexibility index (Phi) is 11.3. The molecule has 0 bridgehead atoms. The van der Waals surface area contributed by atoms with Crippen LogP contribution in [0, 0.1) is 0 Å². The second-order valence-electron chi connectivity index (χ2n) is 8.63. The zero-order chi connectivity index (χ0) is 25.9. The van der Waals surface area contributed by atoms with E-state index in [1.165, 1.54) is 11.1 Å². The van der Waals surface area contributed by atoms with Gasteiger partial charge in [0.05, 0.1) is 30.9 Å². The topological polar surface area (TPSA) is 95.5 Å². The number of carbonyl (C=O) groups excluding carboxylic acids is 1. The molecule has 3 rings (SSSR count). The van der Waals surface area contributed by atoms with Crippen molar-refractivity contribution in [3.8, 4) is 11.5 Å². The number of methoxy groups -OCH3 is 1. The lowest BCUT2D eigenvalue weighted by Gasteiger charge is -2.27. The molecule has 0 saturated carbocycles. The van der Waals surface area contributed by atoms with Gasteiger partial charge in [-0.25, -0.2) is 4.79 Å². The van der Waals surface area contributed by atoms with E-state index in [1.807, 2.05) is 12.1 Å². The van der Waals surface area contributed by atoms with Crippen LogP contribution in [0.15, 0.2) is 36.4 Å². The molecule has 0 aromatic heterocycles. The van der Waals surface area contributed by atoms with Crippen LogP contribution in [0.4, 0.5) is 0 Å². The van der Waals surface area contributed by atoms with Gasteiger partial charge in [0.15, 0.2) is 12.9 Å². The average Bonchev–Trinajstić information content (AvgIpc) is 2.87. The minimum atomic E-state index is -0.715. The van der Waals surface area contributed by atoms with Crippen LogP contribution in [-0.4, -0.2) is 63.5 Å². The highest BCUT2D eigenvalue weighted by Crippen LogP contribution is 2.30. The molecule has 8 nitrogen and oxygen atoms in total. The Labute approximate surface area is 217 Å². The Bertz CT molecular complexity index is 987. The van der Waals surface area contributed by atoms with E-state index in [1.54, 1.807) is 39.2 Å². The molecule has 2 aromatic rings. The van der Waals surface area contributed by atoms with Gasteiger partial charge in [-0.3, -0.25) is 0 Å².